The normalized spacial score (nSPS) is 23.9. The maximum atomic E-state index is 13.3. The van der Waals surface area contributed by atoms with Gasteiger partial charge in [0.25, 0.3) is 5.69 Å². The average Bonchev–Trinajstić information content (AvgIpc) is 3.48. The maximum absolute atomic E-state index is 13.3. The number of nitrogens with zero attached hydrogens (tertiary/aromatic N) is 5. The van der Waals surface area contributed by atoms with Crippen molar-refractivity contribution in [3.05, 3.63) is 34.4 Å². The van der Waals surface area contributed by atoms with E-state index >= 15 is 0 Å². The molecule has 0 aliphatic carbocycles. The van der Waals surface area contributed by atoms with Gasteiger partial charge >= 0.3 is 6.09 Å². The van der Waals surface area contributed by atoms with Gasteiger partial charge in [0.05, 0.1) is 10.8 Å². The summed E-state index contributed by atoms with van der Waals surface area (Å²) in [6, 6.07) is 6.24. The summed E-state index contributed by atoms with van der Waals surface area (Å²) in [4.78, 5) is 44.8. The third-order valence-corrected chi connectivity index (χ3v) is 7.48. The van der Waals surface area contributed by atoms with E-state index in [-0.39, 0.29) is 17.6 Å². The molecule has 0 saturated carbocycles. The molecular formula is C23H33N5O5S. The van der Waals surface area contributed by atoms with Crippen molar-refractivity contribution in [3.8, 4) is 0 Å². The highest BCUT2D eigenvalue weighted by atomic mass is 32.2. The third-order valence-electron chi connectivity index (χ3n) is 6.51. The fourth-order valence-electron chi connectivity index (χ4n) is 4.76. The number of piperazine rings is 1. The van der Waals surface area contributed by atoms with Gasteiger partial charge in [0.1, 0.15) is 11.6 Å². The molecule has 0 N–H and O–H groups in total. The molecule has 0 aromatic heterocycles. The Balaban J connectivity index is 1.41. The monoisotopic (exact) mass is 491 g/mol. The Kier molecular flexibility index (Phi) is 7.22. The number of hydrogen-bond donors (Lipinski definition) is 0. The number of amides is 2. The molecule has 1 aromatic rings. The van der Waals surface area contributed by atoms with Crippen LogP contribution in [0.4, 0.5) is 16.2 Å². The Bertz CT molecular complexity index is 907. The van der Waals surface area contributed by atoms with E-state index in [1.807, 2.05) is 25.7 Å². The molecule has 3 heterocycles. The third kappa shape index (κ3) is 5.57. The number of carbonyl (C=O) groups excluding carboxylic acids is 2. The van der Waals surface area contributed by atoms with E-state index in [1.54, 1.807) is 28.8 Å². The number of hydrogen-bond acceptors (Lipinski definition) is 8. The number of nitro groups is 1. The molecule has 3 saturated heterocycles. The molecular weight excluding hydrogens is 458 g/mol. The Morgan fingerprint density at radius 1 is 1.09 bits per heavy atom. The predicted molar refractivity (Wildman–Crippen MR) is 131 cm³/mol. The standard InChI is InChI=1S/C23H33N5O5S/c1-23(2,3)33-22(30)27-15-19(14-20(27)21(29)26-12-13-34-16-26)25-10-8-24(9-11-25)17-4-6-18(7-5-17)28(31)32/h4-7,19-20H,8-16H2,1-3H3/t19-,20+/m1/s1. The zero-order valence-electron chi connectivity index (χ0n) is 20.0. The van der Waals surface area contributed by atoms with Crippen molar-refractivity contribution in [1.82, 2.24) is 14.7 Å². The molecule has 11 heteroatoms. The molecule has 34 heavy (non-hydrogen) atoms. The number of likely N-dealkylation sites (tertiary alicyclic amines) is 1. The Hall–Kier alpha value is -2.53. The first-order valence-corrected chi connectivity index (χ1v) is 12.9. The number of rotatable bonds is 4. The molecule has 2 amide bonds. The first-order valence-electron chi connectivity index (χ1n) is 11.7. The topological polar surface area (TPSA) is 99.5 Å². The fourth-order valence-corrected chi connectivity index (χ4v) is 5.72. The lowest BCUT2D eigenvalue weighted by Crippen LogP contribution is -2.51. The zero-order chi connectivity index (χ0) is 24.5. The number of anilines is 1. The molecule has 0 radical (unpaired) electrons. The van der Waals surface area contributed by atoms with E-state index in [0.29, 0.717) is 18.8 Å². The molecule has 1 aromatic carbocycles. The lowest BCUT2D eigenvalue weighted by atomic mass is 10.1. The number of non-ortho nitro benzene ring substituents is 1. The molecule has 4 rings (SSSR count). The molecule has 2 atom stereocenters. The zero-order valence-corrected chi connectivity index (χ0v) is 20.8. The second-order valence-electron chi connectivity index (χ2n) is 9.97. The van der Waals surface area contributed by atoms with Gasteiger partial charge in [-0.05, 0) is 39.3 Å². The van der Waals surface area contributed by atoms with Gasteiger partial charge in [0, 0.05) is 68.9 Å². The average molecular weight is 492 g/mol. The van der Waals surface area contributed by atoms with Gasteiger partial charge in [-0.25, -0.2) is 4.79 Å². The van der Waals surface area contributed by atoms with Gasteiger partial charge in [-0.2, -0.15) is 0 Å². The van der Waals surface area contributed by atoms with E-state index < -0.39 is 22.7 Å². The first kappa shape index (κ1) is 24.6. The predicted octanol–water partition coefficient (Wildman–Crippen LogP) is 2.63. The van der Waals surface area contributed by atoms with Gasteiger partial charge in [0.2, 0.25) is 5.91 Å². The van der Waals surface area contributed by atoms with Crippen LogP contribution in [0.1, 0.15) is 27.2 Å². The van der Waals surface area contributed by atoms with Crippen molar-refractivity contribution in [2.24, 2.45) is 0 Å². The van der Waals surface area contributed by atoms with Crippen LogP contribution >= 0.6 is 11.8 Å². The highest BCUT2D eigenvalue weighted by Gasteiger charge is 2.45. The quantitative estimate of drug-likeness (QED) is 0.468. The Labute approximate surface area is 204 Å². The van der Waals surface area contributed by atoms with Gasteiger partial charge in [0.15, 0.2) is 0 Å². The van der Waals surface area contributed by atoms with Gasteiger partial charge in [-0.15, -0.1) is 11.8 Å². The largest absolute Gasteiger partial charge is 0.444 e. The molecule has 10 nitrogen and oxygen atoms in total. The molecule has 0 bridgehead atoms. The van der Waals surface area contributed by atoms with Crippen molar-refractivity contribution in [2.45, 2.75) is 44.9 Å². The van der Waals surface area contributed by atoms with Crippen LogP contribution in [0.3, 0.4) is 0 Å². The van der Waals surface area contributed by atoms with E-state index in [1.165, 1.54) is 12.1 Å². The second kappa shape index (κ2) is 9.99. The number of thioether (sulfide) groups is 1. The molecule has 0 spiro atoms. The number of carbonyl (C=O) groups is 2. The molecule has 186 valence electrons. The van der Waals surface area contributed by atoms with Crippen molar-refractivity contribution in [3.63, 3.8) is 0 Å². The molecule has 3 fully saturated rings. The molecule has 0 unspecified atom stereocenters. The summed E-state index contributed by atoms with van der Waals surface area (Å²) in [7, 11) is 0. The smallest absolute Gasteiger partial charge is 0.411 e. The van der Waals surface area contributed by atoms with Crippen molar-refractivity contribution < 1.29 is 19.2 Å². The first-order chi connectivity index (χ1) is 16.1. The highest BCUT2D eigenvalue weighted by Crippen LogP contribution is 2.29. The lowest BCUT2D eigenvalue weighted by Gasteiger charge is -2.39. The van der Waals surface area contributed by atoms with E-state index in [0.717, 1.165) is 44.2 Å². The summed E-state index contributed by atoms with van der Waals surface area (Å²) in [5.74, 6) is 1.62. The summed E-state index contributed by atoms with van der Waals surface area (Å²) < 4.78 is 5.64. The Morgan fingerprint density at radius 2 is 1.76 bits per heavy atom. The minimum atomic E-state index is -0.622. The number of benzene rings is 1. The minimum absolute atomic E-state index is 0.0166. The number of ether oxygens (including phenoxy) is 1. The van der Waals surface area contributed by atoms with Crippen LogP contribution in [0.25, 0.3) is 0 Å². The van der Waals surface area contributed by atoms with Crippen LogP contribution < -0.4 is 4.90 Å². The van der Waals surface area contributed by atoms with Crippen LogP contribution in [-0.2, 0) is 9.53 Å². The summed E-state index contributed by atoms with van der Waals surface area (Å²) in [5.41, 5.74) is 0.428. The van der Waals surface area contributed by atoms with E-state index in [9.17, 15) is 19.7 Å². The molecule has 3 aliphatic heterocycles. The van der Waals surface area contributed by atoms with E-state index in [2.05, 4.69) is 9.80 Å². The van der Waals surface area contributed by atoms with Gasteiger partial charge in [-0.1, -0.05) is 0 Å². The van der Waals surface area contributed by atoms with Crippen LogP contribution in [0.15, 0.2) is 24.3 Å². The van der Waals surface area contributed by atoms with Crippen LogP contribution in [0.5, 0.6) is 0 Å². The minimum Gasteiger partial charge on any atom is -0.444 e. The van der Waals surface area contributed by atoms with Crippen LogP contribution in [0.2, 0.25) is 0 Å². The lowest BCUT2D eigenvalue weighted by molar-refractivity contribution is -0.384. The highest BCUT2D eigenvalue weighted by molar-refractivity contribution is 7.99. The second-order valence-corrected chi connectivity index (χ2v) is 11.0. The van der Waals surface area contributed by atoms with Crippen molar-refractivity contribution >= 4 is 35.1 Å². The summed E-state index contributed by atoms with van der Waals surface area (Å²) >= 11 is 1.74. The van der Waals surface area contributed by atoms with E-state index in [4.69, 9.17) is 4.74 Å². The summed E-state index contributed by atoms with van der Waals surface area (Å²) in [5, 5.41) is 10.9. The van der Waals surface area contributed by atoms with Crippen LogP contribution in [0, 0.1) is 10.1 Å². The summed E-state index contributed by atoms with van der Waals surface area (Å²) in [6.07, 6.45) is 0.182. The fraction of sp³-hybridized carbons (Fsp3) is 0.652. The maximum Gasteiger partial charge on any atom is 0.411 e. The molecule has 3 aliphatic rings. The van der Waals surface area contributed by atoms with Crippen molar-refractivity contribution in [1.29, 1.82) is 0 Å². The van der Waals surface area contributed by atoms with Gasteiger partial charge < -0.3 is 14.5 Å². The van der Waals surface area contributed by atoms with Gasteiger partial charge in [-0.3, -0.25) is 24.7 Å². The number of nitro benzene ring substituents is 1. The SMILES string of the molecule is CC(C)(C)OC(=O)N1C[C@H](N2CCN(c3ccc([N+](=O)[O-])cc3)CC2)C[C@H]1C(=O)N1CCSC1. The Morgan fingerprint density at radius 3 is 2.32 bits per heavy atom. The summed E-state index contributed by atoms with van der Waals surface area (Å²) in [6.45, 7) is 9.86. The van der Waals surface area contributed by atoms with Crippen molar-refractivity contribution in [2.75, 3.05) is 55.8 Å². The van der Waals surface area contributed by atoms with Crippen LogP contribution in [-0.4, -0.2) is 100 Å².